The third-order valence-electron chi connectivity index (χ3n) is 15.4. The molecule has 20 heteroatoms. The molecular weight excluding hydrogens is 1270 g/mol. The van der Waals surface area contributed by atoms with Gasteiger partial charge in [0.15, 0.2) is 0 Å². The van der Waals surface area contributed by atoms with Gasteiger partial charge in [-0.2, -0.15) is 0 Å². The number of hydrogen-bond acceptors (Lipinski definition) is 15. The van der Waals surface area contributed by atoms with Gasteiger partial charge in [-0.1, -0.05) is 83.1 Å². The van der Waals surface area contributed by atoms with Crippen LogP contribution in [-0.2, 0) is 71.3 Å². The van der Waals surface area contributed by atoms with Crippen LogP contribution < -0.4 is 9.47 Å². The van der Waals surface area contributed by atoms with Gasteiger partial charge < -0.3 is 29.1 Å². The highest BCUT2D eigenvalue weighted by Gasteiger charge is 2.34. The Morgan fingerprint density at radius 3 is 1.30 bits per heavy atom. The van der Waals surface area contributed by atoms with E-state index in [1.54, 1.807) is 43.8 Å². The Kier molecular flexibility index (Phi) is 21.7. The molecule has 0 atom stereocenters. The molecule has 0 spiro atoms. The summed E-state index contributed by atoms with van der Waals surface area (Å²) in [5, 5.41) is 12.7. The lowest BCUT2D eigenvalue weighted by Crippen LogP contribution is -2.38. The van der Waals surface area contributed by atoms with Crippen LogP contribution in [0.4, 0.5) is 0 Å². The molecular formula is C64H84Br2N6O8S4. The maximum absolute atomic E-state index is 13.1. The van der Waals surface area contributed by atoms with Crippen LogP contribution in [0.5, 0.6) is 11.5 Å². The van der Waals surface area contributed by atoms with E-state index in [2.05, 4.69) is 149 Å². The number of piperidine rings is 2. The fourth-order valence-corrected chi connectivity index (χ4v) is 16.3. The fourth-order valence-electron chi connectivity index (χ4n) is 10.7. The van der Waals surface area contributed by atoms with Crippen molar-refractivity contribution in [1.29, 1.82) is 0 Å². The van der Waals surface area contributed by atoms with Crippen molar-refractivity contribution < 1.29 is 38.5 Å². The molecule has 0 aliphatic carbocycles. The van der Waals surface area contributed by atoms with E-state index in [4.69, 9.17) is 29.3 Å². The van der Waals surface area contributed by atoms with Gasteiger partial charge >= 0.3 is 11.9 Å². The number of likely N-dealkylation sites (tertiary alicyclic amines) is 2. The lowest BCUT2D eigenvalue weighted by atomic mass is 9.78. The van der Waals surface area contributed by atoms with Crippen molar-refractivity contribution in [1.82, 2.24) is 29.7 Å². The number of aliphatic carboxylic acids is 1. The minimum Gasteiger partial charge on any atom is -0.496 e. The predicted molar refractivity (Wildman–Crippen MR) is 348 cm³/mol. The Labute approximate surface area is 530 Å². The average Bonchev–Trinajstić information content (AvgIpc) is 3.12. The third kappa shape index (κ3) is 16.3. The first-order valence-electron chi connectivity index (χ1n) is 28.8. The molecule has 2 aromatic carbocycles. The SMILES string of the molecule is CCOC(=O)Cc1sc(CC(=O)N2CCC(c3nc(-c4cc(C(C)(C)C)c(OC)c(C(C)(C)C)c4)c(Br)s3)CC2)nc1C.COc1c(C(C)(C)C)cc(-c2nc(C3CCN(C(=O)Cc4nc(CC(=O)O)c(C)s4)CC3)sc2Br)cc1C(C)(C)C. The number of carboxylic acid groups (broad SMARTS) is 1. The Balaban J connectivity index is 0.000000241. The molecule has 6 aromatic rings. The van der Waals surface area contributed by atoms with E-state index >= 15 is 0 Å². The number of carbonyl (C=O) groups is 4. The van der Waals surface area contributed by atoms with Crippen LogP contribution in [0, 0.1) is 13.8 Å². The topological polar surface area (TPSA) is 174 Å². The van der Waals surface area contributed by atoms with Gasteiger partial charge in [-0.15, -0.1) is 45.3 Å². The zero-order chi connectivity index (χ0) is 62.0. The van der Waals surface area contributed by atoms with Crippen LogP contribution in [-0.4, -0.2) is 106 Å². The summed E-state index contributed by atoms with van der Waals surface area (Å²) in [6, 6.07) is 8.91. The second kappa shape index (κ2) is 27.2. The molecule has 2 aliphatic rings. The van der Waals surface area contributed by atoms with Gasteiger partial charge in [0, 0.05) is 81.1 Å². The van der Waals surface area contributed by atoms with Gasteiger partial charge in [0.25, 0.3) is 0 Å². The highest BCUT2D eigenvalue weighted by molar-refractivity contribution is 9.11. The Hall–Kier alpha value is -4.60. The van der Waals surface area contributed by atoms with Crippen LogP contribution in [0.25, 0.3) is 22.5 Å². The fraction of sp³-hybridized carbons (Fsp3) is 0.562. The summed E-state index contributed by atoms with van der Waals surface area (Å²) in [7, 11) is 3.51. The van der Waals surface area contributed by atoms with Gasteiger partial charge in [-0.3, -0.25) is 19.2 Å². The maximum Gasteiger partial charge on any atom is 0.311 e. The number of aryl methyl sites for hydroxylation is 2. The van der Waals surface area contributed by atoms with Crippen LogP contribution in [0.3, 0.4) is 0 Å². The number of carbonyl (C=O) groups excluding carboxylic acids is 3. The molecule has 6 heterocycles. The highest BCUT2D eigenvalue weighted by Crippen LogP contribution is 2.48. The van der Waals surface area contributed by atoms with E-state index in [9.17, 15) is 19.2 Å². The van der Waals surface area contributed by atoms with Gasteiger partial charge in [-0.05, 0) is 124 Å². The number of ether oxygens (including phenoxy) is 3. The van der Waals surface area contributed by atoms with E-state index in [1.807, 2.05) is 23.6 Å². The molecule has 2 amide bonds. The lowest BCUT2D eigenvalue weighted by Gasteiger charge is -2.31. The minimum atomic E-state index is -0.911. The number of hydrogen-bond donors (Lipinski definition) is 1. The summed E-state index contributed by atoms with van der Waals surface area (Å²) in [5.74, 6) is 1.45. The van der Waals surface area contributed by atoms with Crippen molar-refractivity contribution in [2.24, 2.45) is 0 Å². The number of thiazole rings is 4. The predicted octanol–water partition coefficient (Wildman–Crippen LogP) is 15.5. The van der Waals surface area contributed by atoms with Crippen LogP contribution in [0.1, 0.15) is 191 Å². The number of halogens is 2. The molecule has 1 N–H and O–H groups in total. The lowest BCUT2D eigenvalue weighted by molar-refractivity contribution is -0.142. The summed E-state index contributed by atoms with van der Waals surface area (Å²) in [6.07, 6.45) is 4.03. The van der Waals surface area contributed by atoms with E-state index < -0.39 is 5.97 Å². The first kappa shape index (κ1) is 66.9. The Morgan fingerprint density at radius 2 is 0.952 bits per heavy atom. The number of carboxylic acids is 1. The van der Waals surface area contributed by atoms with Crippen LogP contribution in [0.2, 0.25) is 0 Å². The van der Waals surface area contributed by atoms with E-state index in [0.29, 0.717) is 55.3 Å². The standard InChI is InChI=1S/C33H44BrN3O4S2.C31H40BrN3O4S2/c1-10-41-27(39)17-24-19(2)35-25(42-24)18-26(38)37-13-11-20(12-14-37)31-36-28(30(34)43-31)21-15-22(32(3,4)5)29(40-9)23(16-21)33(6,7)8;1-17-22(15-25(37)38)33-23(40-17)16-24(36)35-11-9-18(10-12-35)29-34-26(28(32)41-29)19-13-20(30(2,3)4)27(39-8)21(14-19)31(5,6)7/h15-16,20H,10-14,17-18H2,1-9H3;13-14,18H,9-12,15-16H2,1-8H3,(H,37,38). The second-order valence-corrected chi connectivity index (χ2v) is 33.2. The van der Waals surface area contributed by atoms with Gasteiger partial charge in [-0.25, -0.2) is 19.9 Å². The number of benzene rings is 2. The quantitative estimate of drug-likeness (QED) is 0.0965. The van der Waals surface area contributed by atoms with Crippen LogP contribution >= 0.6 is 77.2 Å². The van der Waals surface area contributed by atoms with E-state index in [1.165, 1.54) is 44.9 Å². The van der Waals surface area contributed by atoms with Gasteiger partial charge in [0.1, 0.15) is 21.5 Å². The smallest absolute Gasteiger partial charge is 0.311 e. The van der Waals surface area contributed by atoms with Crippen molar-refractivity contribution in [2.45, 2.75) is 189 Å². The zero-order valence-corrected chi connectivity index (χ0v) is 58.5. The molecule has 0 bridgehead atoms. The number of aromatic nitrogens is 4. The molecule has 0 radical (unpaired) electrons. The summed E-state index contributed by atoms with van der Waals surface area (Å²) in [4.78, 5) is 74.0. The van der Waals surface area contributed by atoms with Gasteiger partial charge in [0.2, 0.25) is 11.8 Å². The molecule has 2 aliphatic heterocycles. The molecule has 0 unspecified atom stereocenters. The first-order chi connectivity index (χ1) is 39.2. The van der Waals surface area contributed by atoms with Crippen molar-refractivity contribution in [2.75, 3.05) is 47.0 Å². The molecule has 4 aromatic heterocycles. The van der Waals surface area contributed by atoms with E-state index in [-0.39, 0.29) is 65.1 Å². The summed E-state index contributed by atoms with van der Waals surface area (Å²) >= 11 is 13.9. The highest BCUT2D eigenvalue weighted by atomic mass is 79.9. The van der Waals surface area contributed by atoms with Crippen molar-refractivity contribution in [3.63, 3.8) is 0 Å². The van der Waals surface area contributed by atoms with E-state index in [0.717, 1.165) is 97.7 Å². The van der Waals surface area contributed by atoms with Gasteiger partial charge in [0.05, 0.1) is 86.9 Å². The number of esters is 1. The first-order valence-corrected chi connectivity index (χ1v) is 33.7. The normalized spacial score (nSPS) is 14.8. The number of amides is 2. The van der Waals surface area contributed by atoms with Crippen molar-refractivity contribution in [3.8, 4) is 34.0 Å². The second-order valence-electron chi connectivity index (χ2n) is 26.0. The van der Waals surface area contributed by atoms with Crippen LogP contribution in [0.15, 0.2) is 31.8 Å². The molecule has 2 fully saturated rings. The summed E-state index contributed by atoms with van der Waals surface area (Å²) < 4.78 is 19.0. The molecule has 8 rings (SSSR count). The molecule has 0 saturated carbocycles. The molecule has 14 nitrogen and oxygen atoms in total. The number of nitrogens with zero attached hydrogens (tertiary/aromatic N) is 6. The average molecular weight is 1350 g/mol. The summed E-state index contributed by atoms with van der Waals surface area (Å²) in [5.41, 5.74) is 9.77. The monoisotopic (exact) mass is 1350 g/mol. The molecule has 456 valence electrons. The number of methoxy groups -OCH3 is 2. The Bertz CT molecular complexity index is 3280. The minimum absolute atomic E-state index is 0.0442. The van der Waals surface area contributed by atoms with Crippen molar-refractivity contribution >= 4 is 101 Å². The molecule has 84 heavy (non-hydrogen) atoms. The number of rotatable bonds is 15. The zero-order valence-electron chi connectivity index (χ0n) is 52.0. The maximum atomic E-state index is 13.1. The van der Waals surface area contributed by atoms with Crippen molar-refractivity contribution in [3.05, 3.63) is 95.3 Å². The third-order valence-corrected chi connectivity index (χ3v) is 21.3. The molecule has 2 saturated heterocycles. The summed E-state index contributed by atoms with van der Waals surface area (Å²) in [6.45, 7) is 35.2. The Morgan fingerprint density at radius 1 is 0.571 bits per heavy atom. The largest absolute Gasteiger partial charge is 0.496 e.